The minimum absolute atomic E-state index is 0.466. The monoisotopic (exact) mass is 273 g/mol. The van der Waals surface area contributed by atoms with Crippen molar-refractivity contribution in [1.29, 1.82) is 5.26 Å². The van der Waals surface area contributed by atoms with Crippen molar-refractivity contribution in [2.75, 3.05) is 25.0 Å². The molecule has 1 aromatic heterocycles. The van der Waals surface area contributed by atoms with Crippen molar-refractivity contribution in [1.82, 2.24) is 15.5 Å². The summed E-state index contributed by atoms with van der Waals surface area (Å²) in [5.41, 5.74) is 2.73. The summed E-state index contributed by atoms with van der Waals surface area (Å²) in [7, 11) is 1.99. The number of hydrogen-bond acceptors (Lipinski definition) is 5. The summed E-state index contributed by atoms with van der Waals surface area (Å²) in [5, 5.41) is 21.5. The molecule has 2 heterocycles. The van der Waals surface area contributed by atoms with Crippen molar-refractivity contribution < 1.29 is 0 Å². The molecule has 0 amide bonds. The van der Waals surface area contributed by atoms with Gasteiger partial charge in [0, 0.05) is 19.1 Å². The topological polar surface area (TPSA) is 64.8 Å². The van der Waals surface area contributed by atoms with E-state index in [0.29, 0.717) is 6.04 Å². The van der Waals surface area contributed by atoms with Gasteiger partial charge in [-0.1, -0.05) is 13.8 Å². The van der Waals surface area contributed by atoms with Gasteiger partial charge in [-0.05, 0) is 38.3 Å². The van der Waals surface area contributed by atoms with Crippen LogP contribution < -0.4 is 10.2 Å². The molecule has 1 aromatic rings. The van der Waals surface area contributed by atoms with Gasteiger partial charge in [0.05, 0.1) is 5.69 Å². The fraction of sp³-hybridized carbons (Fsp3) is 0.667. The van der Waals surface area contributed by atoms with Crippen LogP contribution in [0.2, 0.25) is 0 Å². The van der Waals surface area contributed by atoms with E-state index in [-0.39, 0.29) is 0 Å². The minimum Gasteiger partial charge on any atom is -0.352 e. The molecule has 1 N–H and O–H groups in total. The number of anilines is 1. The maximum Gasteiger partial charge on any atom is 0.169 e. The predicted molar refractivity (Wildman–Crippen MR) is 79.8 cm³/mol. The lowest BCUT2D eigenvalue weighted by Gasteiger charge is -2.33. The molecular weight excluding hydrogens is 250 g/mol. The highest BCUT2D eigenvalue weighted by Gasteiger charge is 2.24. The number of hydrogen-bond donors (Lipinski definition) is 1. The molecule has 1 aliphatic heterocycles. The van der Waals surface area contributed by atoms with Crippen LogP contribution in [0.5, 0.6) is 0 Å². The summed E-state index contributed by atoms with van der Waals surface area (Å²) in [4.78, 5) is 2.20. The van der Waals surface area contributed by atoms with Crippen LogP contribution in [-0.4, -0.2) is 36.4 Å². The largest absolute Gasteiger partial charge is 0.352 e. The highest BCUT2D eigenvalue weighted by Crippen LogP contribution is 2.25. The summed E-state index contributed by atoms with van der Waals surface area (Å²) in [6.45, 7) is 5.99. The lowest BCUT2D eigenvalue weighted by atomic mass is 10.0. The van der Waals surface area contributed by atoms with Gasteiger partial charge < -0.3 is 10.2 Å². The number of likely N-dealkylation sites (N-methyl/N-ethyl adjacent to an activating group) is 1. The highest BCUT2D eigenvalue weighted by molar-refractivity contribution is 5.58. The second kappa shape index (κ2) is 6.67. The Morgan fingerprint density at radius 1 is 1.35 bits per heavy atom. The molecule has 1 atom stereocenters. The second-order valence-electron chi connectivity index (χ2n) is 5.22. The Morgan fingerprint density at radius 2 is 2.15 bits per heavy atom. The Kier molecular flexibility index (Phi) is 4.91. The minimum atomic E-state index is 0.466. The third-order valence-electron chi connectivity index (χ3n) is 4.07. The van der Waals surface area contributed by atoms with E-state index in [2.05, 4.69) is 40.3 Å². The van der Waals surface area contributed by atoms with Crippen LogP contribution in [0.25, 0.3) is 0 Å². The molecule has 1 unspecified atom stereocenters. The molecular formula is C15H23N5. The lowest BCUT2D eigenvalue weighted by molar-refractivity contribution is 0.446. The maximum atomic E-state index is 9.54. The molecule has 1 saturated heterocycles. The fourth-order valence-electron chi connectivity index (χ4n) is 2.91. The molecule has 1 fully saturated rings. The molecule has 5 nitrogen and oxygen atoms in total. The number of nitrogens with zero attached hydrogens (tertiary/aromatic N) is 4. The van der Waals surface area contributed by atoms with Crippen LogP contribution in [0.4, 0.5) is 5.82 Å². The van der Waals surface area contributed by atoms with Crippen LogP contribution in [0.3, 0.4) is 0 Å². The van der Waals surface area contributed by atoms with Gasteiger partial charge in [0.15, 0.2) is 5.82 Å². The zero-order valence-corrected chi connectivity index (χ0v) is 12.6. The standard InChI is InChI=1S/C15H23N5/c1-4-12-13(9-16)15(19-18-14(12)5-2)20-8-6-7-11(10-20)17-3/h11,17H,4-8,10H2,1-3H3. The van der Waals surface area contributed by atoms with Gasteiger partial charge in [-0.15, -0.1) is 5.10 Å². The van der Waals surface area contributed by atoms with Gasteiger partial charge in [0.25, 0.3) is 0 Å². The smallest absolute Gasteiger partial charge is 0.169 e. The van der Waals surface area contributed by atoms with E-state index in [1.807, 2.05) is 7.05 Å². The third-order valence-corrected chi connectivity index (χ3v) is 4.07. The first kappa shape index (κ1) is 14.7. The number of nitrogens with one attached hydrogen (secondary N) is 1. The first-order chi connectivity index (χ1) is 9.74. The Hall–Kier alpha value is -1.67. The van der Waals surface area contributed by atoms with Gasteiger partial charge in [0.2, 0.25) is 0 Å². The van der Waals surface area contributed by atoms with Crippen molar-refractivity contribution >= 4 is 5.82 Å². The number of rotatable bonds is 4. The van der Waals surface area contributed by atoms with E-state index in [4.69, 9.17) is 0 Å². The molecule has 1 aliphatic rings. The average Bonchev–Trinajstić information content (AvgIpc) is 2.53. The molecule has 108 valence electrons. The van der Waals surface area contributed by atoms with E-state index in [1.165, 1.54) is 6.42 Å². The highest BCUT2D eigenvalue weighted by atomic mass is 15.3. The third kappa shape index (κ3) is 2.75. The van der Waals surface area contributed by atoms with Crippen molar-refractivity contribution in [3.05, 3.63) is 16.8 Å². The Bertz CT molecular complexity index is 506. The van der Waals surface area contributed by atoms with Crippen molar-refractivity contribution in [2.24, 2.45) is 0 Å². The average molecular weight is 273 g/mol. The van der Waals surface area contributed by atoms with Gasteiger partial charge in [0.1, 0.15) is 11.6 Å². The van der Waals surface area contributed by atoms with E-state index < -0.39 is 0 Å². The van der Waals surface area contributed by atoms with Gasteiger partial charge >= 0.3 is 0 Å². The van der Waals surface area contributed by atoms with E-state index in [1.54, 1.807) is 0 Å². The van der Waals surface area contributed by atoms with Gasteiger partial charge in [-0.2, -0.15) is 10.4 Å². The maximum absolute atomic E-state index is 9.54. The number of nitriles is 1. The van der Waals surface area contributed by atoms with E-state index >= 15 is 0 Å². The Morgan fingerprint density at radius 3 is 2.75 bits per heavy atom. The van der Waals surface area contributed by atoms with E-state index in [9.17, 15) is 5.26 Å². The zero-order chi connectivity index (χ0) is 14.5. The SMILES string of the molecule is CCc1nnc(N2CCCC(NC)C2)c(C#N)c1CC. The van der Waals surface area contributed by atoms with Crippen molar-refractivity contribution in [3.8, 4) is 6.07 Å². The van der Waals surface area contributed by atoms with Crippen molar-refractivity contribution in [3.63, 3.8) is 0 Å². The summed E-state index contributed by atoms with van der Waals surface area (Å²) in [5.74, 6) is 0.765. The second-order valence-corrected chi connectivity index (χ2v) is 5.22. The summed E-state index contributed by atoms with van der Waals surface area (Å²) in [6.07, 6.45) is 3.95. The number of piperidine rings is 1. The van der Waals surface area contributed by atoms with E-state index in [0.717, 1.165) is 55.0 Å². The van der Waals surface area contributed by atoms with Crippen LogP contribution in [0.15, 0.2) is 0 Å². The molecule has 0 aliphatic carbocycles. The predicted octanol–water partition coefficient (Wildman–Crippen LogP) is 1.66. The lowest BCUT2D eigenvalue weighted by Crippen LogP contribution is -2.45. The molecule has 20 heavy (non-hydrogen) atoms. The molecule has 0 radical (unpaired) electrons. The van der Waals surface area contributed by atoms with Crippen molar-refractivity contribution in [2.45, 2.75) is 45.6 Å². The molecule has 0 spiro atoms. The van der Waals surface area contributed by atoms with Crippen LogP contribution in [-0.2, 0) is 12.8 Å². The molecule has 5 heteroatoms. The number of aromatic nitrogens is 2. The first-order valence-corrected chi connectivity index (χ1v) is 7.45. The summed E-state index contributed by atoms with van der Waals surface area (Å²) >= 11 is 0. The Labute approximate surface area is 121 Å². The summed E-state index contributed by atoms with van der Waals surface area (Å²) < 4.78 is 0. The van der Waals surface area contributed by atoms with Gasteiger partial charge in [-0.3, -0.25) is 0 Å². The Balaban J connectivity index is 2.39. The normalized spacial score (nSPS) is 18.9. The quantitative estimate of drug-likeness (QED) is 0.904. The molecule has 0 aromatic carbocycles. The van der Waals surface area contributed by atoms with Crippen LogP contribution in [0.1, 0.15) is 43.5 Å². The zero-order valence-electron chi connectivity index (χ0n) is 12.6. The fourth-order valence-corrected chi connectivity index (χ4v) is 2.91. The van der Waals surface area contributed by atoms with Crippen LogP contribution >= 0.6 is 0 Å². The molecule has 0 bridgehead atoms. The van der Waals surface area contributed by atoms with Gasteiger partial charge in [-0.25, -0.2) is 0 Å². The summed E-state index contributed by atoms with van der Waals surface area (Å²) in [6, 6.07) is 2.82. The van der Waals surface area contributed by atoms with Crippen LogP contribution in [0, 0.1) is 11.3 Å². The molecule has 0 saturated carbocycles. The molecule has 2 rings (SSSR count). The first-order valence-electron chi connectivity index (χ1n) is 7.45. The number of aryl methyl sites for hydroxylation is 1.